The van der Waals surface area contributed by atoms with Gasteiger partial charge in [0.15, 0.2) is 0 Å². The van der Waals surface area contributed by atoms with E-state index in [0.29, 0.717) is 0 Å². The Morgan fingerprint density at radius 1 is 1.40 bits per heavy atom. The van der Waals surface area contributed by atoms with Gasteiger partial charge in [-0.25, -0.2) is 0 Å². The molecule has 0 saturated heterocycles. The van der Waals surface area contributed by atoms with E-state index in [4.69, 9.17) is 13.3 Å². The van der Waals surface area contributed by atoms with E-state index in [0.717, 1.165) is 0 Å². The molecule has 0 atom stereocenters. The van der Waals surface area contributed by atoms with E-state index in [9.17, 15) is 0 Å². The van der Waals surface area contributed by atoms with Crippen LogP contribution in [-0.4, -0.2) is 13.3 Å². The maximum absolute atomic E-state index is 8.67. The molecule has 3 nitrogen and oxygen atoms in total. The van der Waals surface area contributed by atoms with E-state index < -0.39 is 11.4 Å². The molecule has 2 N–H and O–H groups in total. The second-order valence-electron chi connectivity index (χ2n) is 0.231. The van der Waals surface area contributed by atoms with E-state index in [-0.39, 0.29) is 20.4 Å². The van der Waals surface area contributed by atoms with Gasteiger partial charge in [0.1, 0.15) is 0 Å². The molecule has 0 radical (unpaired) electrons. The molecular weight excluding hydrogens is 186 g/mol. The Labute approximate surface area is 45.5 Å². The molecular formula is H2O3PdS. The predicted octanol–water partition coefficient (Wildman–Crippen LogP) is -0.321. The van der Waals surface area contributed by atoms with E-state index in [2.05, 4.69) is 0 Å². The SMILES string of the molecule is O=S(O)O.[Pd]. The Bertz CT molecular complexity index is 29.9. The maximum atomic E-state index is 8.67. The quantitative estimate of drug-likeness (QED) is 0.405. The largest absolute Gasteiger partial charge is 0.299 e. The van der Waals surface area contributed by atoms with Crippen LogP contribution in [-0.2, 0) is 31.8 Å². The third-order valence-corrected chi connectivity index (χ3v) is 0. The van der Waals surface area contributed by atoms with E-state index in [1.807, 2.05) is 0 Å². The number of rotatable bonds is 0. The van der Waals surface area contributed by atoms with E-state index >= 15 is 0 Å². The van der Waals surface area contributed by atoms with Crippen LogP contribution in [0.4, 0.5) is 0 Å². The van der Waals surface area contributed by atoms with Crippen LogP contribution in [0.1, 0.15) is 0 Å². The fourth-order valence-electron chi connectivity index (χ4n) is 0. The van der Waals surface area contributed by atoms with Gasteiger partial charge in [-0.3, -0.25) is 9.11 Å². The van der Waals surface area contributed by atoms with E-state index in [1.165, 1.54) is 0 Å². The molecule has 5 heteroatoms. The third kappa shape index (κ3) is 65.9. The molecule has 0 aliphatic heterocycles. The Kier molecular flexibility index (Phi) is 8.72. The van der Waals surface area contributed by atoms with Gasteiger partial charge in [-0.2, -0.15) is 4.21 Å². The van der Waals surface area contributed by atoms with Crippen LogP contribution in [0.3, 0.4) is 0 Å². The van der Waals surface area contributed by atoms with Gasteiger partial charge < -0.3 is 0 Å². The zero-order valence-electron chi connectivity index (χ0n) is 2.03. The molecule has 36 valence electrons. The molecule has 0 fully saturated rings. The second kappa shape index (κ2) is 4.73. The molecule has 0 bridgehead atoms. The van der Waals surface area contributed by atoms with Gasteiger partial charge in [-0.1, -0.05) is 0 Å². The van der Waals surface area contributed by atoms with Crippen molar-refractivity contribution in [3.63, 3.8) is 0 Å². The minimum Gasteiger partial charge on any atom is -0.284 e. The normalized spacial score (nSPS) is 7.00. The average molecular weight is 188 g/mol. The molecule has 0 aliphatic rings. The van der Waals surface area contributed by atoms with Gasteiger partial charge in [0.2, 0.25) is 0 Å². The van der Waals surface area contributed by atoms with Crippen LogP contribution >= 0.6 is 0 Å². The summed E-state index contributed by atoms with van der Waals surface area (Å²) < 4.78 is 22.8. The Balaban J connectivity index is 0. The van der Waals surface area contributed by atoms with Gasteiger partial charge in [0.05, 0.1) is 0 Å². The topological polar surface area (TPSA) is 57.5 Å². The summed E-state index contributed by atoms with van der Waals surface area (Å²) in [5.74, 6) is 0. The van der Waals surface area contributed by atoms with Crippen molar-refractivity contribution in [2.75, 3.05) is 0 Å². The first-order valence-electron chi connectivity index (χ1n) is 0.532. The van der Waals surface area contributed by atoms with Gasteiger partial charge in [0, 0.05) is 20.4 Å². The van der Waals surface area contributed by atoms with Crippen molar-refractivity contribution in [2.45, 2.75) is 0 Å². The second-order valence-corrected chi connectivity index (χ2v) is 0.692. The summed E-state index contributed by atoms with van der Waals surface area (Å²) in [5.41, 5.74) is 0. The maximum Gasteiger partial charge on any atom is 0.299 e. The van der Waals surface area contributed by atoms with Gasteiger partial charge >= 0.3 is 0 Å². The molecule has 0 aromatic heterocycles. The first-order valence-corrected chi connectivity index (χ1v) is 1.60. The molecule has 0 unspecified atom stereocenters. The molecule has 0 aliphatic carbocycles. The molecule has 0 saturated carbocycles. The van der Waals surface area contributed by atoms with Crippen molar-refractivity contribution >= 4 is 11.4 Å². The van der Waals surface area contributed by atoms with Crippen molar-refractivity contribution in [3.05, 3.63) is 0 Å². The molecule has 0 aromatic rings. The smallest absolute Gasteiger partial charge is 0.284 e. The Hall–Kier alpha value is 0.732. The third-order valence-electron chi connectivity index (χ3n) is 0. The van der Waals surface area contributed by atoms with Crippen LogP contribution in [0, 0.1) is 0 Å². The summed E-state index contributed by atoms with van der Waals surface area (Å²) in [7, 11) is 0. The summed E-state index contributed by atoms with van der Waals surface area (Å²) >= 11 is -2.61. The standard InChI is InChI=1S/H2O3S.Pd/c1-4(2)3;/h(H2,1,2,3);. The van der Waals surface area contributed by atoms with Crippen molar-refractivity contribution in [2.24, 2.45) is 0 Å². The monoisotopic (exact) mass is 188 g/mol. The van der Waals surface area contributed by atoms with Crippen molar-refractivity contribution in [1.82, 2.24) is 0 Å². The summed E-state index contributed by atoms with van der Waals surface area (Å²) in [4.78, 5) is 0. The van der Waals surface area contributed by atoms with Crippen molar-refractivity contribution in [3.8, 4) is 0 Å². The zero-order chi connectivity index (χ0) is 3.58. The van der Waals surface area contributed by atoms with Crippen molar-refractivity contribution in [1.29, 1.82) is 0 Å². The van der Waals surface area contributed by atoms with Crippen LogP contribution in [0.5, 0.6) is 0 Å². The minimum absolute atomic E-state index is 0. The average Bonchev–Trinajstić information content (AvgIpc) is 0.811. The summed E-state index contributed by atoms with van der Waals surface area (Å²) in [5, 5.41) is 0. The Morgan fingerprint density at radius 2 is 1.40 bits per heavy atom. The number of hydrogen-bond acceptors (Lipinski definition) is 1. The fraction of sp³-hybridized carbons (Fsp3) is 0. The fourth-order valence-corrected chi connectivity index (χ4v) is 0. The van der Waals surface area contributed by atoms with Gasteiger partial charge in [-0.15, -0.1) is 0 Å². The molecule has 0 heterocycles. The van der Waals surface area contributed by atoms with Crippen LogP contribution in [0.25, 0.3) is 0 Å². The predicted molar refractivity (Wildman–Crippen MR) is 13.4 cm³/mol. The zero-order valence-corrected chi connectivity index (χ0v) is 4.40. The Morgan fingerprint density at radius 3 is 1.40 bits per heavy atom. The molecule has 0 amide bonds. The number of hydrogen-bond donors (Lipinski definition) is 2. The molecule has 0 aromatic carbocycles. The van der Waals surface area contributed by atoms with Gasteiger partial charge in [0.25, 0.3) is 11.4 Å². The molecule has 0 rings (SSSR count). The minimum atomic E-state index is -2.61. The summed E-state index contributed by atoms with van der Waals surface area (Å²) in [6.45, 7) is 0. The van der Waals surface area contributed by atoms with Crippen molar-refractivity contribution < 1.29 is 33.7 Å². The molecule has 5 heavy (non-hydrogen) atoms. The molecule has 0 spiro atoms. The van der Waals surface area contributed by atoms with Crippen LogP contribution in [0.15, 0.2) is 0 Å². The summed E-state index contributed by atoms with van der Waals surface area (Å²) in [6.07, 6.45) is 0. The van der Waals surface area contributed by atoms with Crippen LogP contribution < -0.4 is 0 Å². The van der Waals surface area contributed by atoms with Crippen LogP contribution in [0.2, 0.25) is 0 Å². The van der Waals surface area contributed by atoms with Gasteiger partial charge in [-0.05, 0) is 0 Å². The first kappa shape index (κ1) is 9.22. The first-order chi connectivity index (χ1) is 1.73. The van der Waals surface area contributed by atoms with E-state index in [1.54, 1.807) is 0 Å². The summed E-state index contributed by atoms with van der Waals surface area (Å²) in [6, 6.07) is 0.